The monoisotopic (exact) mass is 420 g/mol. The zero-order valence-electron chi connectivity index (χ0n) is 16.0. The van der Waals surface area contributed by atoms with Gasteiger partial charge in [0.25, 0.3) is 5.91 Å². The molecule has 0 aromatic heterocycles. The van der Waals surface area contributed by atoms with Crippen LogP contribution in [0.1, 0.15) is 28.8 Å². The summed E-state index contributed by atoms with van der Waals surface area (Å²) < 4.78 is 0. The Hall–Kier alpha value is -3.48. The molecule has 0 radical (unpaired) electrons. The van der Waals surface area contributed by atoms with Crippen molar-refractivity contribution in [1.29, 1.82) is 0 Å². The molecular weight excluding hydrogens is 400 g/mol. The van der Waals surface area contributed by atoms with Crippen LogP contribution in [0.2, 0.25) is 5.02 Å². The topological polar surface area (TPSA) is 111 Å². The van der Waals surface area contributed by atoms with E-state index in [0.717, 1.165) is 0 Å². The van der Waals surface area contributed by atoms with Gasteiger partial charge in [-0.25, -0.2) is 0 Å². The fourth-order valence-corrected chi connectivity index (χ4v) is 3.07. The molecule has 1 unspecified atom stereocenters. The summed E-state index contributed by atoms with van der Waals surface area (Å²) in [5.74, 6) is -1.10. The van der Waals surface area contributed by atoms with Crippen molar-refractivity contribution >= 4 is 29.3 Å². The van der Waals surface area contributed by atoms with E-state index in [4.69, 9.17) is 23.1 Å². The number of hydrogen-bond acceptors (Lipinski definition) is 3. The van der Waals surface area contributed by atoms with E-state index in [1.807, 2.05) is 12.1 Å². The van der Waals surface area contributed by atoms with Crippen molar-refractivity contribution < 1.29 is 9.59 Å². The van der Waals surface area contributed by atoms with Gasteiger partial charge in [-0.3, -0.25) is 9.59 Å². The van der Waals surface area contributed by atoms with Gasteiger partial charge in [0.2, 0.25) is 5.91 Å². The first-order valence-electron chi connectivity index (χ1n) is 9.25. The van der Waals surface area contributed by atoms with Gasteiger partial charge >= 0.3 is 0 Å². The van der Waals surface area contributed by atoms with E-state index in [1.54, 1.807) is 72.8 Å². The fraction of sp³-hybridized carbons (Fsp3) is 0.0870. The Morgan fingerprint density at radius 3 is 2.10 bits per heavy atom. The molecule has 152 valence electrons. The fourth-order valence-electron chi connectivity index (χ4n) is 2.87. The number of nitrogens with two attached hydrogens (primary N) is 2. The van der Waals surface area contributed by atoms with E-state index < -0.39 is 23.9 Å². The van der Waals surface area contributed by atoms with Crippen molar-refractivity contribution in [3.63, 3.8) is 0 Å². The number of nitrogens with one attached hydrogen (secondary N) is 1. The van der Waals surface area contributed by atoms with Crippen LogP contribution in [0.15, 0.2) is 89.9 Å². The SMILES string of the molecule is NC(=NC(=O)C(NC(=O)[C@H](N)c1ccccc1)c1cccc(Cl)c1)c1ccccc1. The van der Waals surface area contributed by atoms with Gasteiger partial charge < -0.3 is 16.8 Å². The molecule has 3 aromatic rings. The minimum atomic E-state index is -1.09. The Morgan fingerprint density at radius 1 is 0.867 bits per heavy atom. The highest BCUT2D eigenvalue weighted by molar-refractivity contribution is 6.30. The smallest absolute Gasteiger partial charge is 0.274 e. The van der Waals surface area contributed by atoms with Crippen LogP contribution in [0.4, 0.5) is 0 Å². The molecule has 0 aliphatic carbocycles. The molecule has 0 spiro atoms. The highest BCUT2D eigenvalue weighted by Crippen LogP contribution is 2.21. The minimum Gasteiger partial charge on any atom is -0.383 e. The van der Waals surface area contributed by atoms with Crippen LogP contribution in [-0.4, -0.2) is 17.6 Å². The number of amides is 2. The van der Waals surface area contributed by atoms with Crippen molar-refractivity contribution in [2.75, 3.05) is 0 Å². The highest BCUT2D eigenvalue weighted by atomic mass is 35.5. The molecule has 6 nitrogen and oxygen atoms in total. The molecule has 2 atom stereocenters. The zero-order valence-corrected chi connectivity index (χ0v) is 16.8. The van der Waals surface area contributed by atoms with Gasteiger partial charge in [0.05, 0.1) is 0 Å². The third-order valence-corrected chi connectivity index (χ3v) is 4.69. The summed E-state index contributed by atoms with van der Waals surface area (Å²) >= 11 is 6.08. The maximum Gasteiger partial charge on any atom is 0.274 e. The molecule has 0 heterocycles. The number of aliphatic imine (C=N–C) groups is 1. The molecule has 0 saturated heterocycles. The van der Waals surface area contributed by atoms with E-state index in [0.29, 0.717) is 21.7 Å². The quantitative estimate of drug-likeness (QED) is 0.420. The second-order valence-corrected chi connectivity index (χ2v) is 7.02. The maximum absolute atomic E-state index is 13.0. The van der Waals surface area contributed by atoms with Crippen molar-refractivity contribution in [3.8, 4) is 0 Å². The van der Waals surface area contributed by atoms with Crippen molar-refractivity contribution in [2.24, 2.45) is 16.5 Å². The van der Waals surface area contributed by atoms with E-state index in [2.05, 4.69) is 10.3 Å². The van der Waals surface area contributed by atoms with Gasteiger partial charge in [-0.2, -0.15) is 4.99 Å². The lowest BCUT2D eigenvalue weighted by Gasteiger charge is -2.19. The van der Waals surface area contributed by atoms with E-state index in [-0.39, 0.29) is 5.84 Å². The van der Waals surface area contributed by atoms with E-state index in [1.165, 1.54) is 0 Å². The molecule has 0 bridgehead atoms. The van der Waals surface area contributed by atoms with Crippen molar-refractivity contribution in [2.45, 2.75) is 12.1 Å². The summed E-state index contributed by atoms with van der Waals surface area (Å²) in [7, 11) is 0. The molecule has 5 N–H and O–H groups in total. The lowest BCUT2D eigenvalue weighted by Crippen LogP contribution is -2.39. The predicted molar refractivity (Wildman–Crippen MR) is 118 cm³/mol. The maximum atomic E-state index is 13.0. The molecule has 0 aliphatic heterocycles. The third-order valence-electron chi connectivity index (χ3n) is 4.46. The normalized spacial score (nSPS) is 13.3. The van der Waals surface area contributed by atoms with Gasteiger partial charge in [-0.15, -0.1) is 0 Å². The van der Waals surface area contributed by atoms with Crippen LogP contribution in [0.5, 0.6) is 0 Å². The molecular formula is C23H21ClN4O2. The second kappa shape index (κ2) is 9.82. The Kier molecular flexibility index (Phi) is 6.95. The Balaban J connectivity index is 1.89. The molecule has 2 amide bonds. The first kappa shape index (κ1) is 21.2. The number of nitrogens with zero attached hydrogens (tertiary/aromatic N) is 1. The average Bonchev–Trinajstić information content (AvgIpc) is 2.77. The number of benzene rings is 3. The van der Waals surface area contributed by atoms with Gasteiger partial charge in [0, 0.05) is 10.6 Å². The van der Waals surface area contributed by atoms with Crippen LogP contribution in [0.25, 0.3) is 0 Å². The molecule has 0 aliphatic rings. The largest absolute Gasteiger partial charge is 0.383 e. The first-order valence-corrected chi connectivity index (χ1v) is 9.63. The number of carbonyl (C=O) groups excluding carboxylic acids is 2. The van der Waals surface area contributed by atoms with Gasteiger partial charge in [0.15, 0.2) is 0 Å². The van der Waals surface area contributed by atoms with Crippen LogP contribution in [0, 0.1) is 0 Å². The summed E-state index contributed by atoms with van der Waals surface area (Å²) in [6.07, 6.45) is 0. The van der Waals surface area contributed by atoms with Gasteiger partial charge in [-0.1, -0.05) is 84.4 Å². The summed E-state index contributed by atoms with van der Waals surface area (Å²) in [6, 6.07) is 22.4. The molecule has 30 heavy (non-hydrogen) atoms. The van der Waals surface area contributed by atoms with Crippen LogP contribution < -0.4 is 16.8 Å². The number of hydrogen-bond donors (Lipinski definition) is 3. The van der Waals surface area contributed by atoms with E-state index in [9.17, 15) is 9.59 Å². The Labute approximate surface area is 179 Å². The third kappa shape index (κ3) is 5.31. The summed E-state index contributed by atoms with van der Waals surface area (Å²) in [4.78, 5) is 29.7. The number of amidine groups is 1. The van der Waals surface area contributed by atoms with Gasteiger partial charge in [-0.05, 0) is 23.3 Å². The lowest BCUT2D eigenvalue weighted by molar-refractivity contribution is -0.128. The van der Waals surface area contributed by atoms with E-state index >= 15 is 0 Å². The van der Waals surface area contributed by atoms with Crippen molar-refractivity contribution in [3.05, 3.63) is 107 Å². The number of carbonyl (C=O) groups is 2. The predicted octanol–water partition coefficient (Wildman–Crippen LogP) is 3.13. The summed E-state index contributed by atoms with van der Waals surface area (Å²) in [5.41, 5.74) is 13.8. The van der Waals surface area contributed by atoms with Crippen LogP contribution in [-0.2, 0) is 9.59 Å². The summed E-state index contributed by atoms with van der Waals surface area (Å²) in [5, 5.41) is 3.10. The van der Waals surface area contributed by atoms with Crippen molar-refractivity contribution in [1.82, 2.24) is 5.32 Å². The summed E-state index contributed by atoms with van der Waals surface area (Å²) in [6.45, 7) is 0. The molecule has 0 fully saturated rings. The Bertz CT molecular complexity index is 1060. The minimum absolute atomic E-state index is 0.0502. The van der Waals surface area contributed by atoms with Crippen LogP contribution in [0.3, 0.4) is 0 Å². The first-order chi connectivity index (χ1) is 14.5. The average molecular weight is 421 g/mol. The lowest BCUT2D eigenvalue weighted by atomic mass is 10.0. The van der Waals surface area contributed by atoms with Gasteiger partial charge in [0.1, 0.15) is 17.9 Å². The standard InChI is InChI=1S/C23H21ClN4O2/c24-18-13-7-12-17(14-18)20(23(30)28-21(26)16-10-5-2-6-11-16)27-22(29)19(25)15-8-3-1-4-9-15/h1-14,19-20H,25H2,(H,27,29)(H2,26,28,30)/t19-,20?/m1/s1. The van der Waals surface area contributed by atoms with Crippen LogP contribution >= 0.6 is 11.6 Å². The molecule has 3 rings (SSSR count). The highest BCUT2D eigenvalue weighted by Gasteiger charge is 2.26. The Morgan fingerprint density at radius 2 is 1.47 bits per heavy atom. The number of rotatable bonds is 6. The second-order valence-electron chi connectivity index (χ2n) is 6.59. The molecule has 3 aromatic carbocycles. The molecule has 7 heteroatoms. The number of halogens is 1. The molecule has 0 saturated carbocycles. The zero-order chi connectivity index (χ0) is 21.5.